The summed E-state index contributed by atoms with van der Waals surface area (Å²) in [4.78, 5) is 16.8. The fourth-order valence-electron chi connectivity index (χ4n) is 5.08. The van der Waals surface area contributed by atoms with E-state index in [-0.39, 0.29) is 11.9 Å². The quantitative estimate of drug-likeness (QED) is 0.113. The third-order valence-electron chi connectivity index (χ3n) is 7.49. The van der Waals surface area contributed by atoms with Gasteiger partial charge < -0.3 is 18.8 Å². The maximum atomic E-state index is 13.4. The second-order valence-electron chi connectivity index (χ2n) is 12.0. The molecule has 0 saturated carbocycles. The van der Waals surface area contributed by atoms with Gasteiger partial charge in [0.15, 0.2) is 17.7 Å². The Labute approximate surface area is 248 Å². The van der Waals surface area contributed by atoms with Crippen molar-refractivity contribution in [1.82, 2.24) is 9.71 Å². The van der Waals surface area contributed by atoms with Crippen LogP contribution in [0.1, 0.15) is 66.4 Å². The van der Waals surface area contributed by atoms with Crippen molar-refractivity contribution < 1.29 is 18.8 Å². The summed E-state index contributed by atoms with van der Waals surface area (Å²) in [5, 5.41) is 1.78. The molecule has 2 atom stereocenters. The number of methoxy groups -OCH3 is 1. The standard InChI is InChI=1S/C31H43ClN2O4SSi/c1-29(2,3)39(35)34-31(6,26-19-22-33-28(32)27(26)38-23-37-7)21-14-20-30(4,5)40(36,24-15-10-8-11-16-24)25-17-12-9-13-18-25/h8-13,15-19,22,34,36H,14,20-21,23H2,1-7H3. The molecule has 40 heavy (non-hydrogen) atoms. The molecule has 0 saturated heterocycles. The third-order valence-corrected chi connectivity index (χ3v) is 14.1. The van der Waals surface area contributed by atoms with Crippen LogP contribution in [0.2, 0.25) is 10.2 Å². The maximum absolute atomic E-state index is 13.4. The molecule has 218 valence electrons. The molecule has 1 aromatic heterocycles. The third kappa shape index (κ3) is 7.29. The summed E-state index contributed by atoms with van der Waals surface area (Å²) in [6.45, 7) is 12.2. The monoisotopic (exact) mass is 602 g/mol. The Balaban J connectivity index is 1.97. The van der Waals surface area contributed by atoms with E-state index >= 15 is 0 Å². The Morgan fingerprint density at radius 3 is 1.98 bits per heavy atom. The van der Waals surface area contributed by atoms with Gasteiger partial charge in [0.1, 0.15) is 4.75 Å². The first-order chi connectivity index (χ1) is 18.8. The first-order valence-corrected chi connectivity index (χ1v) is 17.0. The Morgan fingerprint density at radius 1 is 0.925 bits per heavy atom. The molecule has 0 aliphatic heterocycles. The number of rotatable bonds is 13. The van der Waals surface area contributed by atoms with Gasteiger partial charge in [-0.25, -0.2) is 4.98 Å². The van der Waals surface area contributed by atoms with Crippen LogP contribution in [-0.4, -0.2) is 41.3 Å². The topological polar surface area (TPSA) is 86.7 Å². The summed E-state index contributed by atoms with van der Waals surface area (Å²) in [5.74, 6) is 0.408. The number of aromatic nitrogens is 1. The number of halogens is 1. The minimum absolute atomic E-state index is 0.0106. The maximum Gasteiger partial charge on any atom is 0.258 e. The highest BCUT2D eigenvalue weighted by molar-refractivity contribution is 7.90. The highest BCUT2D eigenvalue weighted by atomic mass is 35.5. The van der Waals surface area contributed by atoms with Gasteiger partial charge in [0.05, 0.1) is 5.54 Å². The van der Waals surface area contributed by atoms with E-state index in [2.05, 4.69) is 23.6 Å². The Bertz CT molecular complexity index is 1190. The Kier molecular flexibility index (Phi) is 10.9. The largest absolute Gasteiger partial charge is 0.598 e. The fourth-order valence-corrected chi connectivity index (χ4v) is 10.0. The summed E-state index contributed by atoms with van der Waals surface area (Å²) >= 11 is 5.11. The molecule has 0 radical (unpaired) electrons. The average Bonchev–Trinajstić information content (AvgIpc) is 2.92. The van der Waals surface area contributed by atoms with Crippen LogP contribution < -0.4 is 19.8 Å². The van der Waals surface area contributed by atoms with Gasteiger partial charge in [-0.3, -0.25) is 0 Å². The molecule has 2 aromatic carbocycles. The number of benzene rings is 2. The van der Waals surface area contributed by atoms with Crippen LogP contribution in [0.5, 0.6) is 5.75 Å². The minimum Gasteiger partial charge on any atom is -0.598 e. The van der Waals surface area contributed by atoms with E-state index in [1.807, 2.05) is 94.4 Å². The van der Waals surface area contributed by atoms with Gasteiger partial charge in [0.2, 0.25) is 0 Å². The Morgan fingerprint density at radius 2 is 1.48 bits per heavy atom. The Hall–Kier alpha value is -1.91. The molecular formula is C31H43ClN2O4SSi. The molecule has 3 aromatic rings. The number of nitrogens with one attached hydrogen (secondary N) is 1. The van der Waals surface area contributed by atoms with E-state index in [9.17, 15) is 9.35 Å². The van der Waals surface area contributed by atoms with Gasteiger partial charge >= 0.3 is 0 Å². The predicted molar refractivity (Wildman–Crippen MR) is 168 cm³/mol. The molecule has 6 nitrogen and oxygen atoms in total. The number of hydrogen-bond donors (Lipinski definition) is 2. The van der Waals surface area contributed by atoms with Crippen molar-refractivity contribution in [2.24, 2.45) is 0 Å². The molecule has 2 unspecified atom stereocenters. The van der Waals surface area contributed by atoms with Crippen molar-refractivity contribution in [3.05, 3.63) is 83.6 Å². The molecule has 2 N–H and O–H groups in total. The van der Waals surface area contributed by atoms with Crippen molar-refractivity contribution in [3.63, 3.8) is 0 Å². The first-order valence-electron chi connectivity index (χ1n) is 13.6. The second kappa shape index (κ2) is 13.4. The molecule has 1 heterocycles. The van der Waals surface area contributed by atoms with Gasteiger partial charge in [-0.1, -0.05) is 92.5 Å². The van der Waals surface area contributed by atoms with E-state index in [0.29, 0.717) is 12.2 Å². The van der Waals surface area contributed by atoms with Crippen LogP contribution >= 0.6 is 11.6 Å². The van der Waals surface area contributed by atoms with Gasteiger partial charge in [-0.15, -0.1) is 4.72 Å². The number of nitrogens with zero attached hydrogens (tertiary/aromatic N) is 1. The molecule has 0 amide bonds. The lowest BCUT2D eigenvalue weighted by Crippen LogP contribution is -2.65. The SMILES string of the molecule is COCOc1c(C(C)(CCCC(C)(C)[Si](O)(c2ccccc2)c2ccccc2)N[S+]([O-])C(C)(C)C)ccnc1Cl. The number of pyridine rings is 1. The van der Waals surface area contributed by atoms with Crippen LogP contribution in [0.15, 0.2) is 72.9 Å². The minimum atomic E-state index is -3.16. The molecule has 9 heteroatoms. The molecule has 3 rings (SSSR count). The summed E-state index contributed by atoms with van der Waals surface area (Å²) < 4.78 is 27.3. The van der Waals surface area contributed by atoms with Gasteiger partial charge in [-0.05, 0) is 62.0 Å². The number of hydrogen-bond acceptors (Lipinski definition) is 6. The van der Waals surface area contributed by atoms with E-state index in [1.54, 1.807) is 13.3 Å². The van der Waals surface area contributed by atoms with Crippen LogP contribution in [0, 0.1) is 0 Å². The summed E-state index contributed by atoms with van der Waals surface area (Å²) in [6, 6.07) is 21.9. The molecule has 0 bridgehead atoms. The normalized spacial score (nSPS) is 14.9. The van der Waals surface area contributed by atoms with Crippen molar-refractivity contribution in [3.8, 4) is 5.75 Å². The zero-order valence-electron chi connectivity index (χ0n) is 24.7. The zero-order chi connectivity index (χ0) is 29.6. The number of ether oxygens (including phenoxy) is 2. The zero-order valence-corrected chi connectivity index (χ0v) is 27.2. The van der Waals surface area contributed by atoms with Gasteiger partial charge in [-0.2, -0.15) is 0 Å². The second-order valence-corrected chi connectivity index (χ2v) is 18.3. The summed E-state index contributed by atoms with van der Waals surface area (Å²) in [6.07, 6.45) is 3.75. The van der Waals surface area contributed by atoms with E-state index in [0.717, 1.165) is 28.8 Å². The average molecular weight is 603 g/mol. The van der Waals surface area contributed by atoms with Crippen LogP contribution in [0.4, 0.5) is 0 Å². The highest BCUT2D eigenvalue weighted by Crippen LogP contribution is 2.44. The highest BCUT2D eigenvalue weighted by Gasteiger charge is 2.50. The van der Waals surface area contributed by atoms with Crippen LogP contribution in [0.25, 0.3) is 0 Å². The molecule has 0 fully saturated rings. The first kappa shape index (κ1) is 32.6. The van der Waals surface area contributed by atoms with Crippen molar-refractivity contribution in [2.45, 2.75) is 76.1 Å². The van der Waals surface area contributed by atoms with E-state index in [1.165, 1.54) is 0 Å². The predicted octanol–water partition coefficient (Wildman–Crippen LogP) is 5.69. The summed E-state index contributed by atoms with van der Waals surface area (Å²) in [7, 11) is -1.61. The van der Waals surface area contributed by atoms with Gasteiger partial charge in [0.25, 0.3) is 8.32 Å². The van der Waals surface area contributed by atoms with Crippen LogP contribution in [0.3, 0.4) is 0 Å². The van der Waals surface area contributed by atoms with Crippen molar-refractivity contribution >= 4 is 41.7 Å². The fraction of sp³-hybridized carbons (Fsp3) is 0.452. The molecular weight excluding hydrogens is 560 g/mol. The smallest absolute Gasteiger partial charge is 0.258 e. The van der Waals surface area contributed by atoms with Crippen molar-refractivity contribution in [2.75, 3.05) is 13.9 Å². The molecule has 0 spiro atoms. The van der Waals surface area contributed by atoms with Crippen LogP contribution in [-0.2, 0) is 21.6 Å². The lowest BCUT2D eigenvalue weighted by molar-refractivity contribution is 0.0491. The molecule has 0 aliphatic rings. The van der Waals surface area contributed by atoms with E-state index in [4.69, 9.17) is 21.1 Å². The lowest BCUT2D eigenvalue weighted by Gasteiger charge is -2.42. The molecule has 0 aliphatic carbocycles. The van der Waals surface area contributed by atoms with Crippen molar-refractivity contribution in [1.29, 1.82) is 0 Å². The van der Waals surface area contributed by atoms with E-state index < -0.39 is 35.0 Å². The summed E-state index contributed by atoms with van der Waals surface area (Å²) in [5.41, 5.74) is 0.00170. The van der Waals surface area contributed by atoms with Gasteiger partial charge in [0, 0.05) is 30.2 Å². The lowest BCUT2D eigenvalue weighted by atomic mass is 9.86.